The fourth-order valence-electron chi connectivity index (χ4n) is 2.06. The van der Waals surface area contributed by atoms with E-state index in [0.717, 1.165) is 5.56 Å². The zero-order chi connectivity index (χ0) is 15.6. The zero-order valence-corrected chi connectivity index (χ0v) is 12.3. The maximum atomic E-state index is 10.9. The molecule has 0 atom stereocenters. The maximum Gasteiger partial charge on any atom is 0.270 e. The quantitative estimate of drug-likeness (QED) is 0.670. The lowest BCUT2D eigenvalue weighted by Gasteiger charge is -2.21. The van der Waals surface area contributed by atoms with Gasteiger partial charge in [-0.05, 0) is 25.3 Å². The summed E-state index contributed by atoms with van der Waals surface area (Å²) in [6.07, 6.45) is 1.35. The molecule has 1 heterocycles. The summed E-state index contributed by atoms with van der Waals surface area (Å²) in [5.74, 6) is 0.677. The number of non-ortho nitro benzene ring substituents is 1. The molecule has 7 heteroatoms. The molecule has 0 radical (unpaired) electrons. The van der Waals surface area contributed by atoms with Gasteiger partial charge in [0.15, 0.2) is 5.82 Å². The molecule has 2 aromatic rings. The van der Waals surface area contributed by atoms with Crippen LogP contribution in [0.25, 0.3) is 11.5 Å². The molecular weight excluding hydrogens is 272 g/mol. The molecule has 0 bridgehead atoms. The molecule has 2 rings (SSSR count). The van der Waals surface area contributed by atoms with Gasteiger partial charge in [-0.25, -0.2) is 0 Å². The van der Waals surface area contributed by atoms with Gasteiger partial charge in [0.1, 0.15) is 0 Å². The average Bonchev–Trinajstić information content (AvgIpc) is 2.96. The third-order valence-electron chi connectivity index (χ3n) is 3.80. The summed E-state index contributed by atoms with van der Waals surface area (Å²) in [7, 11) is 0. The number of hydrogen-bond acceptors (Lipinski definition) is 6. The first-order valence-electron chi connectivity index (χ1n) is 6.79. The molecule has 0 aliphatic rings. The third kappa shape index (κ3) is 2.78. The summed E-state index contributed by atoms with van der Waals surface area (Å²) in [6, 6.07) is 4.54. The van der Waals surface area contributed by atoms with Crippen LogP contribution in [0.2, 0.25) is 0 Å². The molecular formula is C14H18N4O3. The molecule has 0 aliphatic carbocycles. The Kier molecular flexibility index (Phi) is 4.04. The Morgan fingerprint density at radius 3 is 2.62 bits per heavy atom. The van der Waals surface area contributed by atoms with Gasteiger partial charge in [0.05, 0.1) is 10.5 Å². The van der Waals surface area contributed by atoms with E-state index >= 15 is 0 Å². The smallest absolute Gasteiger partial charge is 0.270 e. The van der Waals surface area contributed by atoms with E-state index in [1.54, 1.807) is 6.07 Å². The summed E-state index contributed by atoms with van der Waals surface area (Å²) in [6.45, 7) is 5.74. The van der Waals surface area contributed by atoms with E-state index in [0.29, 0.717) is 24.2 Å². The molecule has 0 spiro atoms. The van der Waals surface area contributed by atoms with Crippen LogP contribution in [0.4, 0.5) is 5.69 Å². The highest BCUT2D eigenvalue weighted by Crippen LogP contribution is 2.29. The second-order valence-corrected chi connectivity index (χ2v) is 5.04. The van der Waals surface area contributed by atoms with E-state index in [2.05, 4.69) is 10.1 Å². The van der Waals surface area contributed by atoms with Crippen molar-refractivity contribution in [1.82, 2.24) is 10.1 Å². The lowest BCUT2D eigenvalue weighted by Crippen LogP contribution is -2.36. The van der Waals surface area contributed by atoms with E-state index in [1.807, 2.05) is 20.8 Å². The summed E-state index contributed by atoms with van der Waals surface area (Å²) in [4.78, 5) is 14.7. The number of nitrogens with two attached hydrogens (primary N) is 1. The van der Waals surface area contributed by atoms with Crippen LogP contribution in [0.5, 0.6) is 0 Å². The first-order valence-corrected chi connectivity index (χ1v) is 6.79. The molecule has 0 saturated heterocycles. The average molecular weight is 290 g/mol. The molecule has 0 unspecified atom stereocenters. The van der Waals surface area contributed by atoms with Gasteiger partial charge in [0.25, 0.3) is 11.6 Å². The SMILES string of the molecule is CCC(N)(CC)c1noc(-c2cc([N+](=O)[O-])ccc2C)n1. The van der Waals surface area contributed by atoms with Crippen LogP contribution in [-0.2, 0) is 5.54 Å². The minimum atomic E-state index is -0.642. The molecule has 21 heavy (non-hydrogen) atoms. The third-order valence-corrected chi connectivity index (χ3v) is 3.80. The van der Waals surface area contributed by atoms with Crippen molar-refractivity contribution in [3.63, 3.8) is 0 Å². The van der Waals surface area contributed by atoms with Crippen LogP contribution in [0.1, 0.15) is 38.1 Å². The molecule has 0 amide bonds. The number of aryl methyl sites for hydroxylation is 1. The molecule has 0 aliphatic heterocycles. The fraction of sp³-hybridized carbons (Fsp3) is 0.429. The summed E-state index contributed by atoms with van der Waals surface area (Å²) >= 11 is 0. The molecule has 112 valence electrons. The van der Waals surface area contributed by atoms with Crippen molar-refractivity contribution in [3.05, 3.63) is 39.7 Å². The number of aromatic nitrogens is 2. The number of hydrogen-bond donors (Lipinski definition) is 1. The Labute approximate surface area is 122 Å². The zero-order valence-electron chi connectivity index (χ0n) is 12.3. The van der Waals surface area contributed by atoms with Gasteiger partial charge in [-0.15, -0.1) is 0 Å². The minimum Gasteiger partial charge on any atom is -0.334 e. The molecule has 0 fully saturated rings. The van der Waals surface area contributed by atoms with Gasteiger partial charge < -0.3 is 10.3 Å². The van der Waals surface area contributed by atoms with Crippen LogP contribution in [0.3, 0.4) is 0 Å². The summed E-state index contributed by atoms with van der Waals surface area (Å²) in [5.41, 5.74) is 6.95. The van der Waals surface area contributed by atoms with E-state index in [1.165, 1.54) is 12.1 Å². The Morgan fingerprint density at radius 1 is 1.38 bits per heavy atom. The molecule has 1 aromatic carbocycles. The number of nitrogens with zero attached hydrogens (tertiary/aromatic N) is 3. The Balaban J connectivity index is 2.47. The second-order valence-electron chi connectivity index (χ2n) is 5.04. The number of rotatable bonds is 5. The van der Waals surface area contributed by atoms with Crippen LogP contribution in [-0.4, -0.2) is 15.1 Å². The largest absolute Gasteiger partial charge is 0.334 e. The van der Waals surface area contributed by atoms with E-state index in [9.17, 15) is 10.1 Å². The summed E-state index contributed by atoms with van der Waals surface area (Å²) < 4.78 is 5.25. The van der Waals surface area contributed by atoms with Gasteiger partial charge in [0.2, 0.25) is 0 Å². The highest BCUT2D eigenvalue weighted by atomic mass is 16.6. The van der Waals surface area contributed by atoms with Crippen molar-refractivity contribution in [2.45, 2.75) is 39.2 Å². The van der Waals surface area contributed by atoms with Crippen molar-refractivity contribution in [2.75, 3.05) is 0 Å². The van der Waals surface area contributed by atoms with Gasteiger partial charge in [-0.3, -0.25) is 10.1 Å². The van der Waals surface area contributed by atoms with Crippen molar-refractivity contribution in [1.29, 1.82) is 0 Å². The first kappa shape index (κ1) is 15.1. The van der Waals surface area contributed by atoms with Crippen LogP contribution >= 0.6 is 0 Å². The monoisotopic (exact) mass is 290 g/mol. The minimum absolute atomic E-state index is 0.0136. The Bertz CT molecular complexity index is 662. The van der Waals surface area contributed by atoms with Crippen molar-refractivity contribution < 1.29 is 9.45 Å². The molecule has 7 nitrogen and oxygen atoms in total. The lowest BCUT2D eigenvalue weighted by molar-refractivity contribution is -0.384. The van der Waals surface area contributed by atoms with E-state index in [4.69, 9.17) is 10.3 Å². The number of benzene rings is 1. The summed E-state index contributed by atoms with van der Waals surface area (Å²) in [5, 5.41) is 14.8. The highest BCUT2D eigenvalue weighted by Gasteiger charge is 2.29. The predicted molar refractivity (Wildman–Crippen MR) is 77.6 cm³/mol. The van der Waals surface area contributed by atoms with Crippen molar-refractivity contribution in [3.8, 4) is 11.5 Å². The van der Waals surface area contributed by atoms with E-state index in [-0.39, 0.29) is 11.6 Å². The van der Waals surface area contributed by atoms with Crippen LogP contribution < -0.4 is 5.73 Å². The van der Waals surface area contributed by atoms with Gasteiger partial charge in [0, 0.05) is 17.7 Å². The maximum absolute atomic E-state index is 10.9. The van der Waals surface area contributed by atoms with Crippen LogP contribution in [0.15, 0.2) is 22.7 Å². The molecule has 1 aromatic heterocycles. The van der Waals surface area contributed by atoms with Gasteiger partial charge >= 0.3 is 0 Å². The highest BCUT2D eigenvalue weighted by molar-refractivity contribution is 5.62. The standard InChI is InChI=1S/C14H18N4O3/c1-4-14(15,5-2)13-16-12(21-17-13)11-8-10(18(19)20)7-6-9(11)3/h6-8H,4-5,15H2,1-3H3. The van der Waals surface area contributed by atoms with E-state index < -0.39 is 10.5 Å². The normalized spacial score (nSPS) is 11.6. The number of nitro benzene ring substituents is 1. The first-order chi connectivity index (χ1) is 9.91. The molecule has 2 N–H and O–H groups in total. The number of nitro groups is 1. The Morgan fingerprint density at radius 2 is 2.05 bits per heavy atom. The topological polar surface area (TPSA) is 108 Å². The van der Waals surface area contributed by atoms with Gasteiger partial charge in [-0.2, -0.15) is 4.98 Å². The van der Waals surface area contributed by atoms with Crippen molar-refractivity contribution >= 4 is 5.69 Å². The predicted octanol–water partition coefficient (Wildman–Crippen LogP) is 2.93. The van der Waals surface area contributed by atoms with Crippen molar-refractivity contribution in [2.24, 2.45) is 5.73 Å². The van der Waals surface area contributed by atoms with Gasteiger partial charge in [-0.1, -0.05) is 25.1 Å². The fourth-order valence-corrected chi connectivity index (χ4v) is 2.06. The second kappa shape index (κ2) is 5.61. The lowest BCUT2D eigenvalue weighted by atomic mass is 9.93. The van der Waals surface area contributed by atoms with Crippen LogP contribution in [0, 0.1) is 17.0 Å². The Hall–Kier alpha value is -2.28. The molecule has 0 saturated carbocycles.